The molecule has 0 amide bonds. The quantitative estimate of drug-likeness (QED) is 0.806. The first-order valence-electron chi connectivity index (χ1n) is 9.41. The molecule has 1 saturated heterocycles. The maximum absolute atomic E-state index is 12.9. The lowest BCUT2D eigenvalue weighted by molar-refractivity contribution is 0.288. The molecule has 26 heavy (non-hydrogen) atoms. The molecule has 0 unspecified atom stereocenters. The van der Waals surface area contributed by atoms with E-state index in [1.807, 2.05) is 30.3 Å². The van der Waals surface area contributed by atoms with E-state index < -0.39 is 10.0 Å². The number of sulfonamides is 1. The smallest absolute Gasteiger partial charge is 0.246 e. The summed E-state index contributed by atoms with van der Waals surface area (Å²) in [6.45, 7) is 2.82. The van der Waals surface area contributed by atoms with Crippen LogP contribution in [0.15, 0.2) is 47.6 Å². The number of nitrogens with one attached hydrogen (secondary N) is 1. The Kier molecular flexibility index (Phi) is 5.11. The van der Waals surface area contributed by atoms with E-state index in [4.69, 9.17) is 0 Å². The summed E-state index contributed by atoms with van der Waals surface area (Å²) in [6.07, 6.45) is 7.55. The van der Waals surface area contributed by atoms with Crippen LogP contribution in [-0.2, 0) is 16.6 Å². The zero-order valence-electron chi connectivity index (χ0n) is 14.9. The maximum Gasteiger partial charge on any atom is 0.246 e. The highest BCUT2D eigenvalue weighted by Crippen LogP contribution is 2.28. The number of hydrogen-bond donors (Lipinski definition) is 1. The van der Waals surface area contributed by atoms with Crippen LogP contribution in [0.25, 0.3) is 0 Å². The molecular formula is C19H26N4O2S. The summed E-state index contributed by atoms with van der Waals surface area (Å²) in [5, 5.41) is 7.83. The maximum atomic E-state index is 12.9. The Morgan fingerprint density at radius 1 is 1.08 bits per heavy atom. The van der Waals surface area contributed by atoms with E-state index in [9.17, 15) is 8.42 Å². The summed E-state index contributed by atoms with van der Waals surface area (Å²) in [6, 6.07) is 10.4. The van der Waals surface area contributed by atoms with Crippen LogP contribution < -0.4 is 5.32 Å². The molecule has 0 bridgehead atoms. The van der Waals surface area contributed by atoms with Crippen molar-refractivity contribution in [1.29, 1.82) is 0 Å². The molecule has 1 aromatic carbocycles. The van der Waals surface area contributed by atoms with E-state index in [0.717, 1.165) is 30.9 Å². The van der Waals surface area contributed by atoms with Crippen LogP contribution in [0, 0.1) is 5.92 Å². The number of hydrogen-bond acceptors (Lipinski definition) is 4. The van der Waals surface area contributed by atoms with Gasteiger partial charge >= 0.3 is 0 Å². The van der Waals surface area contributed by atoms with Crippen molar-refractivity contribution in [3.63, 3.8) is 0 Å². The third-order valence-electron chi connectivity index (χ3n) is 5.28. The van der Waals surface area contributed by atoms with Gasteiger partial charge in [0.1, 0.15) is 4.90 Å². The van der Waals surface area contributed by atoms with Crippen LogP contribution >= 0.6 is 0 Å². The lowest BCUT2D eigenvalue weighted by Crippen LogP contribution is -2.45. The summed E-state index contributed by atoms with van der Waals surface area (Å²) in [5.41, 5.74) is 1.10. The standard InChI is InChI=1S/C19H26N4O2S/c24-26(25,23-10-8-18(9-11-23)20-12-16-6-7-16)19-13-21-22(15-19)14-17-4-2-1-3-5-17/h1-5,13,15-16,18,20H,6-12,14H2. The highest BCUT2D eigenvalue weighted by molar-refractivity contribution is 7.89. The first-order valence-corrected chi connectivity index (χ1v) is 10.9. The number of aromatic nitrogens is 2. The van der Waals surface area contributed by atoms with E-state index in [2.05, 4.69) is 10.4 Å². The predicted molar refractivity (Wildman–Crippen MR) is 100 cm³/mol. The molecule has 2 aliphatic rings. The van der Waals surface area contributed by atoms with E-state index in [1.54, 1.807) is 15.2 Å². The van der Waals surface area contributed by atoms with Crippen molar-refractivity contribution in [2.75, 3.05) is 19.6 Å². The van der Waals surface area contributed by atoms with Gasteiger partial charge in [-0.2, -0.15) is 9.40 Å². The Morgan fingerprint density at radius 3 is 2.50 bits per heavy atom. The summed E-state index contributed by atoms with van der Waals surface area (Å²) < 4.78 is 29.1. The highest BCUT2D eigenvalue weighted by Gasteiger charge is 2.31. The fraction of sp³-hybridized carbons (Fsp3) is 0.526. The molecule has 2 aromatic rings. The second-order valence-electron chi connectivity index (χ2n) is 7.39. The van der Waals surface area contributed by atoms with Gasteiger partial charge in [0.2, 0.25) is 10.0 Å². The molecule has 1 aliphatic heterocycles. The fourth-order valence-corrected chi connectivity index (χ4v) is 4.86. The monoisotopic (exact) mass is 374 g/mol. The molecule has 0 spiro atoms. The molecule has 1 N–H and O–H groups in total. The van der Waals surface area contributed by atoms with Crippen LogP contribution in [0.5, 0.6) is 0 Å². The van der Waals surface area contributed by atoms with E-state index in [0.29, 0.717) is 25.7 Å². The third kappa shape index (κ3) is 4.16. The third-order valence-corrected chi connectivity index (χ3v) is 7.13. The molecule has 7 heteroatoms. The Morgan fingerprint density at radius 2 is 1.81 bits per heavy atom. The SMILES string of the molecule is O=S(=O)(c1cnn(Cc2ccccc2)c1)N1CCC(NCC2CC2)CC1. The molecule has 1 aliphatic carbocycles. The van der Waals surface area contributed by atoms with Gasteiger partial charge in [0.25, 0.3) is 0 Å². The topological polar surface area (TPSA) is 67.2 Å². The molecule has 1 saturated carbocycles. The number of nitrogens with zero attached hydrogens (tertiary/aromatic N) is 3. The van der Waals surface area contributed by atoms with Crippen LogP contribution in [0.3, 0.4) is 0 Å². The molecule has 2 heterocycles. The predicted octanol–water partition coefficient (Wildman–Crippen LogP) is 2.08. The van der Waals surface area contributed by atoms with Crippen molar-refractivity contribution in [1.82, 2.24) is 19.4 Å². The highest BCUT2D eigenvalue weighted by atomic mass is 32.2. The van der Waals surface area contributed by atoms with Crippen molar-refractivity contribution in [3.05, 3.63) is 48.3 Å². The van der Waals surface area contributed by atoms with Gasteiger partial charge in [-0.05, 0) is 43.7 Å². The Labute approximate surface area is 155 Å². The van der Waals surface area contributed by atoms with Gasteiger partial charge < -0.3 is 5.32 Å². The van der Waals surface area contributed by atoms with E-state index >= 15 is 0 Å². The molecule has 0 radical (unpaired) electrons. The second kappa shape index (κ2) is 7.50. The summed E-state index contributed by atoms with van der Waals surface area (Å²) >= 11 is 0. The number of piperidine rings is 1. The normalized spacial score (nSPS) is 19.7. The van der Waals surface area contributed by atoms with Crippen molar-refractivity contribution in [2.45, 2.75) is 43.2 Å². The van der Waals surface area contributed by atoms with Gasteiger partial charge in [-0.3, -0.25) is 4.68 Å². The number of benzene rings is 1. The van der Waals surface area contributed by atoms with Gasteiger partial charge in [0.15, 0.2) is 0 Å². The van der Waals surface area contributed by atoms with Crippen molar-refractivity contribution >= 4 is 10.0 Å². The minimum atomic E-state index is -3.45. The fourth-order valence-electron chi connectivity index (χ4n) is 3.44. The first-order chi connectivity index (χ1) is 12.6. The van der Waals surface area contributed by atoms with Gasteiger partial charge in [0.05, 0.1) is 12.7 Å². The molecule has 4 rings (SSSR count). The Bertz CT molecular complexity index is 822. The summed E-state index contributed by atoms with van der Waals surface area (Å²) in [7, 11) is -3.45. The summed E-state index contributed by atoms with van der Waals surface area (Å²) in [4.78, 5) is 0.290. The van der Waals surface area contributed by atoms with Crippen molar-refractivity contribution in [2.24, 2.45) is 5.92 Å². The zero-order valence-corrected chi connectivity index (χ0v) is 15.7. The molecule has 1 aromatic heterocycles. The molecular weight excluding hydrogens is 348 g/mol. The van der Waals surface area contributed by atoms with E-state index in [1.165, 1.54) is 19.0 Å². The van der Waals surface area contributed by atoms with Crippen LogP contribution in [0.1, 0.15) is 31.2 Å². The van der Waals surface area contributed by atoms with E-state index in [-0.39, 0.29) is 4.90 Å². The lowest BCUT2D eigenvalue weighted by Gasteiger charge is -2.31. The molecule has 0 atom stereocenters. The van der Waals surface area contributed by atoms with Crippen molar-refractivity contribution < 1.29 is 8.42 Å². The van der Waals surface area contributed by atoms with Crippen LogP contribution in [0.2, 0.25) is 0 Å². The number of rotatable bonds is 7. The van der Waals surface area contributed by atoms with Gasteiger partial charge in [-0.15, -0.1) is 0 Å². The zero-order chi connectivity index (χ0) is 18.0. The average molecular weight is 375 g/mol. The Hall–Kier alpha value is -1.70. The first kappa shape index (κ1) is 17.7. The molecule has 140 valence electrons. The lowest BCUT2D eigenvalue weighted by atomic mass is 10.1. The van der Waals surface area contributed by atoms with Crippen molar-refractivity contribution in [3.8, 4) is 0 Å². The second-order valence-corrected chi connectivity index (χ2v) is 9.33. The van der Waals surface area contributed by atoms with Gasteiger partial charge in [-0.1, -0.05) is 30.3 Å². The van der Waals surface area contributed by atoms with Crippen LogP contribution in [0.4, 0.5) is 0 Å². The average Bonchev–Trinajstić information content (AvgIpc) is 3.37. The Balaban J connectivity index is 1.36. The van der Waals surface area contributed by atoms with Gasteiger partial charge in [0, 0.05) is 25.3 Å². The van der Waals surface area contributed by atoms with Gasteiger partial charge in [-0.25, -0.2) is 8.42 Å². The summed E-state index contributed by atoms with van der Waals surface area (Å²) in [5.74, 6) is 0.854. The minimum Gasteiger partial charge on any atom is -0.314 e. The largest absolute Gasteiger partial charge is 0.314 e. The minimum absolute atomic E-state index is 0.290. The molecule has 6 nitrogen and oxygen atoms in total. The molecule has 2 fully saturated rings. The van der Waals surface area contributed by atoms with Crippen LogP contribution in [-0.4, -0.2) is 48.2 Å².